The number of hydrogen-bond donors (Lipinski definition) is 1. The van der Waals surface area contributed by atoms with Crippen LogP contribution in [0.3, 0.4) is 0 Å². The van der Waals surface area contributed by atoms with Crippen LogP contribution in [0.15, 0.2) is 17.5 Å². The molecule has 1 aromatic heterocycles. The number of fused-ring (bicyclic) bond motifs is 5. The third-order valence-electron chi connectivity index (χ3n) is 11.4. The van der Waals surface area contributed by atoms with Crippen LogP contribution in [-0.2, 0) is 14.4 Å². The number of hydrogen-bond acceptors (Lipinski definition) is 4. The second-order valence-corrected chi connectivity index (χ2v) is 14.5. The maximum atomic E-state index is 13.6. The maximum Gasteiger partial charge on any atom is 0.220 e. The summed E-state index contributed by atoms with van der Waals surface area (Å²) in [5.74, 6) is 3.39. The molecule has 4 saturated carbocycles. The normalized spacial score (nSPS) is 39.8. The molecule has 0 aliphatic heterocycles. The molecule has 1 N–H and O–H groups in total. The Morgan fingerprint density at radius 1 is 1.06 bits per heavy atom. The van der Waals surface area contributed by atoms with Gasteiger partial charge >= 0.3 is 0 Å². The average Bonchev–Trinajstić information content (AvgIpc) is 3.46. The highest BCUT2D eigenvalue weighted by atomic mass is 32.1. The molecule has 1 unspecified atom stereocenters. The van der Waals surface area contributed by atoms with E-state index in [1.165, 1.54) is 4.88 Å². The van der Waals surface area contributed by atoms with Crippen LogP contribution in [0.2, 0.25) is 0 Å². The molecule has 9 atom stereocenters. The Morgan fingerprint density at radius 2 is 1.81 bits per heavy atom. The van der Waals surface area contributed by atoms with Crippen molar-refractivity contribution in [2.45, 2.75) is 98.4 Å². The van der Waals surface area contributed by atoms with Crippen LogP contribution in [-0.4, -0.2) is 17.5 Å². The predicted molar refractivity (Wildman–Crippen MR) is 144 cm³/mol. The largest absolute Gasteiger partial charge is 0.348 e. The lowest BCUT2D eigenvalue weighted by Crippen LogP contribution is -2.57. The molecule has 0 saturated heterocycles. The molecule has 5 rings (SSSR count). The highest BCUT2D eigenvalue weighted by molar-refractivity contribution is 7.10. The van der Waals surface area contributed by atoms with E-state index in [0.29, 0.717) is 66.8 Å². The molecule has 4 aliphatic carbocycles. The number of ketones is 2. The molecule has 0 radical (unpaired) electrons. The van der Waals surface area contributed by atoms with E-state index in [2.05, 4.69) is 57.4 Å². The molecule has 1 heterocycles. The van der Waals surface area contributed by atoms with Crippen LogP contribution < -0.4 is 5.32 Å². The van der Waals surface area contributed by atoms with Gasteiger partial charge in [0.15, 0.2) is 0 Å². The fourth-order valence-corrected chi connectivity index (χ4v) is 10.3. The number of rotatable bonds is 6. The van der Waals surface area contributed by atoms with Gasteiger partial charge in [-0.05, 0) is 89.9 Å². The van der Waals surface area contributed by atoms with Gasteiger partial charge in [0, 0.05) is 36.5 Å². The Bertz CT molecular complexity index is 1000. The number of amides is 1. The molecule has 0 spiro atoms. The quantitative estimate of drug-likeness (QED) is 0.447. The summed E-state index contributed by atoms with van der Waals surface area (Å²) in [6.45, 7) is 11.4. The Kier molecular flexibility index (Phi) is 7.02. The van der Waals surface area contributed by atoms with Gasteiger partial charge in [0.1, 0.15) is 11.6 Å². The minimum atomic E-state index is 0.0722. The number of Topliss-reactive ketones (excluding diaryl/α,β-unsaturated/α-hetero) is 2. The van der Waals surface area contributed by atoms with Crippen molar-refractivity contribution in [3.05, 3.63) is 22.4 Å². The van der Waals surface area contributed by atoms with Gasteiger partial charge in [0.25, 0.3) is 0 Å². The van der Waals surface area contributed by atoms with E-state index >= 15 is 0 Å². The smallest absolute Gasteiger partial charge is 0.220 e. The first-order chi connectivity index (χ1) is 17.0. The van der Waals surface area contributed by atoms with E-state index in [1.54, 1.807) is 11.3 Å². The molecular weight excluding hydrogens is 466 g/mol. The van der Waals surface area contributed by atoms with Crippen molar-refractivity contribution in [1.82, 2.24) is 5.32 Å². The molecule has 36 heavy (non-hydrogen) atoms. The molecule has 0 bridgehead atoms. The molecule has 0 aromatic carbocycles. The molecule has 4 aliphatic rings. The highest BCUT2D eigenvalue weighted by Crippen LogP contribution is 2.67. The van der Waals surface area contributed by atoms with E-state index < -0.39 is 0 Å². The van der Waals surface area contributed by atoms with E-state index in [-0.39, 0.29) is 34.6 Å². The molecule has 198 valence electrons. The standard InChI is InChI=1S/C31H45NO3S/c1-18(2)29(26-7-6-14-36-26)32-27(35)15-19(3)22-8-9-23-28-24(11-13-31(22,23)5)30(4)12-10-21(33)16-20(30)17-25(28)34/h6-7,14,18-20,22-24,28-29H,8-13,15-17H2,1-5H3,(H,32,35)/t19-,20+,22?,23+,24+,28+,29+,30+,31-/m1/s1. The zero-order chi connectivity index (χ0) is 25.8. The van der Waals surface area contributed by atoms with Crippen LogP contribution in [0.1, 0.15) is 103 Å². The monoisotopic (exact) mass is 511 g/mol. The highest BCUT2D eigenvalue weighted by Gasteiger charge is 2.63. The average molecular weight is 512 g/mol. The third-order valence-corrected chi connectivity index (χ3v) is 12.3. The summed E-state index contributed by atoms with van der Waals surface area (Å²) in [7, 11) is 0. The predicted octanol–water partition coefficient (Wildman–Crippen LogP) is 6.99. The van der Waals surface area contributed by atoms with Gasteiger partial charge in [-0.25, -0.2) is 0 Å². The Morgan fingerprint density at radius 3 is 2.50 bits per heavy atom. The third kappa shape index (κ3) is 4.31. The van der Waals surface area contributed by atoms with Crippen LogP contribution in [0.25, 0.3) is 0 Å². The van der Waals surface area contributed by atoms with Crippen LogP contribution >= 0.6 is 11.3 Å². The number of nitrogens with one attached hydrogen (secondary N) is 1. The molecule has 5 heteroatoms. The lowest BCUT2D eigenvalue weighted by molar-refractivity contribution is -0.159. The topological polar surface area (TPSA) is 63.2 Å². The zero-order valence-electron chi connectivity index (χ0n) is 22.8. The fourth-order valence-electron chi connectivity index (χ4n) is 9.40. The SMILES string of the molecule is CC(C)[C@H](NC(=O)C[C@@H](C)C1CC[C@H]2[C@@H]3C(=O)C[C@@H]4CC(=O)CC[C@]4(C)[C@H]3CC[C@]12C)c1cccs1. The Hall–Kier alpha value is -1.49. The lowest BCUT2D eigenvalue weighted by atomic mass is 9.44. The lowest BCUT2D eigenvalue weighted by Gasteiger charge is -2.59. The summed E-state index contributed by atoms with van der Waals surface area (Å²) in [4.78, 5) is 40.2. The van der Waals surface area contributed by atoms with Gasteiger partial charge in [-0.3, -0.25) is 14.4 Å². The summed E-state index contributed by atoms with van der Waals surface area (Å²) in [6.07, 6.45) is 7.96. The van der Waals surface area contributed by atoms with Crippen LogP contribution in [0.4, 0.5) is 0 Å². The second-order valence-electron chi connectivity index (χ2n) is 13.6. The van der Waals surface area contributed by atoms with Crippen molar-refractivity contribution >= 4 is 28.8 Å². The van der Waals surface area contributed by atoms with Crippen molar-refractivity contribution in [2.24, 2.45) is 52.3 Å². The summed E-state index contributed by atoms with van der Waals surface area (Å²) in [6, 6.07) is 4.25. The zero-order valence-corrected chi connectivity index (χ0v) is 23.7. The minimum absolute atomic E-state index is 0.0722. The Balaban J connectivity index is 1.29. The van der Waals surface area contributed by atoms with Crippen molar-refractivity contribution < 1.29 is 14.4 Å². The van der Waals surface area contributed by atoms with E-state index in [1.807, 2.05) is 0 Å². The summed E-state index contributed by atoms with van der Waals surface area (Å²) in [5, 5.41) is 5.42. The minimum Gasteiger partial charge on any atom is -0.348 e. The maximum absolute atomic E-state index is 13.6. The first kappa shape index (κ1) is 26.1. The first-order valence-corrected chi connectivity index (χ1v) is 15.3. The fraction of sp³-hybridized carbons (Fsp3) is 0.774. The first-order valence-electron chi connectivity index (χ1n) is 14.4. The summed E-state index contributed by atoms with van der Waals surface area (Å²) >= 11 is 1.71. The second kappa shape index (κ2) is 9.67. The van der Waals surface area contributed by atoms with Crippen LogP contribution in [0, 0.1) is 52.3 Å². The van der Waals surface area contributed by atoms with Gasteiger partial charge in [0.2, 0.25) is 5.91 Å². The summed E-state index contributed by atoms with van der Waals surface area (Å²) in [5.41, 5.74) is 0.278. The van der Waals surface area contributed by atoms with E-state index in [9.17, 15) is 14.4 Å². The number of carbonyl (C=O) groups is 3. The Labute approximate surface area is 221 Å². The molecule has 1 amide bonds. The van der Waals surface area contributed by atoms with Crippen molar-refractivity contribution in [3.63, 3.8) is 0 Å². The molecule has 4 fully saturated rings. The molecular formula is C31H45NO3S. The summed E-state index contributed by atoms with van der Waals surface area (Å²) < 4.78 is 0. The van der Waals surface area contributed by atoms with Gasteiger partial charge in [-0.1, -0.05) is 40.7 Å². The van der Waals surface area contributed by atoms with Gasteiger partial charge < -0.3 is 5.32 Å². The van der Waals surface area contributed by atoms with Gasteiger partial charge in [-0.15, -0.1) is 11.3 Å². The number of carbonyl (C=O) groups excluding carboxylic acids is 3. The van der Waals surface area contributed by atoms with Crippen molar-refractivity contribution in [3.8, 4) is 0 Å². The van der Waals surface area contributed by atoms with E-state index in [0.717, 1.165) is 32.1 Å². The number of thiophene rings is 1. The van der Waals surface area contributed by atoms with E-state index in [4.69, 9.17) is 0 Å². The molecule has 1 aromatic rings. The van der Waals surface area contributed by atoms with Crippen molar-refractivity contribution in [1.29, 1.82) is 0 Å². The van der Waals surface area contributed by atoms with Crippen molar-refractivity contribution in [2.75, 3.05) is 0 Å². The van der Waals surface area contributed by atoms with Gasteiger partial charge in [0.05, 0.1) is 6.04 Å². The van der Waals surface area contributed by atoms with Gasteiger partial charge in [-0.2, -0.15) is 0 Å². The molecule has 4 nitrogen and oxygen atoms in total. The van der Waals surface area contributed by atoms with Crippen LogP contribution in [0.5, 0.6) is 0 Å².